The second kappa shape index (κ2) is 7.41. The summed E-state index contributed by atoms with van der Waals surface area (Å²) >= 11 is 4.23. The summed E-state index contributed by atoms with van der Waals surface area (Å²) in [4.78, 5) is 11.5. The third-order valence-corrected chi connectivity index (χ3v) is 4.35. The highest BCUT2D eigenvalue weighted by Gasteiger charge is 2.13. The second-order valence-electron chi connectivity index (χ2n) is 4.13. The number of aliphatic hydroxyl groups excluding tert-OH is 1. The van der Waals surface area contributed by atoms with Crippen LogP contribution in [0.5, 0.6) is 17.2 Å². The number of benzene rings is 2. The van der Waals surface area contributed by atoms with Crippen LogP contribution in [0.4, 0.5) is 0 Å². The van der Waals surface area contributed by atoms with Crippen LogP contribution in [0.25, 0.3) is 0 Å². The number of carbonyl (C=O) groups is 1. The van der Waals surface area contributed by atoms with Crippen molar-refractivity contribution in [2.45, 2.75) is 0 Å². The summed E-state index contributed by atoms with van der Waals surface area (Å²) in [7, 11) is 1.61. The van der Waals surface area contributed by atoms with Crippen molar-refractivity contribution in [2.75, 3.05) is 13.7 Å². The maximum Gasteiger partial charge on any atom is 0.188 e. The molecule has 1 N–H and O–H groups in total. The van der Waals surface area contributed by atoms with E-state index in [2.05, 4.69) is 45.2 Å². The standard InChI is InChI=1S/C15H12I2O4/c1-20-10-2-4-11(5-3-10)21-15-12(16)6-9(7-13(15)17)14(19)8-18/h2-7,18H,8H2,1H3. The molecule has 0 heterocycles. The van der Waals surface area contributed by atoms with E-state index in [-0.39, 0.29) is 5.78 Å². The second-order valence-corrected chi connectivity index (χ2v) is 6.45. The molecule has 2 aromatic rings. The van der Waals surface area contributed by atoms with Crippen molar-refractivity contribution in [1.82, 2.24) is 0 Å². The molecule has 0 spiro atoms. The van der Waals surface area contributed by atoms with Crippen LogP contribution in [0.1, 0.15) is 10.4 Å². The SMILES string of the molecule is COc1ccc(Oc2c(I)cc(C(=O)CO)cc2I)cc1. The largest absolute Gasteiger partial charge is 0.497 e. The predicted octanol–water partition coefficient (Wildman–Crippen LogP) is 3.87. The van der Waals surface area contributed by atoms with Gasteiger partial charge in [-0.1, -0.05) is 0 Å². The van der Waals surface area contributed by atoms with Gasteiger partial charge in [0.15, 0.2) is 11.5 Å². The molecular weight excluding hydrogens is 498 g/mol. The summed E-state index contributed by atoms with van der Waals surface area (Å²) in [6.45, 7) is -0.495. The van der Waals surface area contributed by atoms with Crippen molar-refractivity contribution in [3.63, 3.8) is 0 Å². The Labute approximate surface area is 149 Å². The molecule has 0 fully saturated rings. The van der Waals surface area contributed by atoms with Crippen LogP contribution in [-0.2, 0) is 0 Å². The molecule has 21 heavy (non-hydrogen) atoms. The van der Waals surface area contributed by atoms with E-state index >= 15 is 0 Å². The minimum atomic E-state index is -0.495. The molecule has 0 saturated carbocycles. The number of halogens is 2. The molecular formula is C15H12I2O4. The van der Waals surface area contributed by atoms with Gasteiger partial charge >= 0.3 is 0 Å². The molecule has 6 heteroatoms. The lowest BCUT2D eigenvalue weighted by Gasteiger charge is -2.12. The fourth-order valence-electron chi connectivity index (χ4n) is 1.67. The Bertz CT molecular complexity index is 630. The molecule has 0 saturated heterocycles. The monoisotopic (exact) mass is 510 g/mol. The van der Waals surface area contributed by atoms with Gasteiger partial charge in [0.25, 0.3) is 0 Å². The number of ether oxygens (including phenoxy) is 2. The van der Waals surface area contributed by atoms with Crippen LogP contribution >= 0.6 is 45.2 Å². The molecule has 0 amide bonds. The van der Waals surface area contributed by atoms with Crippen LogP contribution in [0, 0.1) is 7.14 Å². The Hall–Kier alpha value is -0.870. The normalized spacial score (nSPS) is 10.3. The van der Waals surface area contributed by atoms with Gasteiger partial charge in [0.05, 0.1) is 14.3 Å². The van der Waals surface area contributed by atoms with E-state index in [9.17, 15) is 4.79 Å². The molecule has 0 aliphatic carbocycles. The van der Waals surface area contributed by atoms with Crippen LogP contribution in [0.15, 0.2) is 36.4 Å². The highest BCUT2D eigenvalue weighted by Crippen LogP contribution is 2.33. The zero-order valence-corrected chi connectivity index (χ0v) is 15.4. The average Bonchev–Trinajstić information content (AvgIpc) is 2.50. The van der Waals surface area contributed by atoms with E-state index in [1.54, 1.807) is 19.2 Å². The number of carbonyl (C=O) groups excluding carboxylic acids is 1. The molecule has 2 rings (SSSR count). The molecule has 0 aliphatic rings. The summed E-state index contributed by atoms with van der Waals surface area (Å²) in [6, 6.07) is 10.7. The first kappa shape index (κ1) is 16.5. The molecule has 0 unspecified atom stereocenters. The number of hydrogen-bond acceptors (Lipinski definition) is 4. The predicted molar refractivity (Wildman–Crippen MR) is 96.4 cm³/mol. The fourth-order valence-corrected chi connectivity index (χ4v) is 3.66. The summed E-state index contributed by atoms with van der Waals surface area (Å²) in [6.07, 6.45) is 0. The van der Waals surface area contributed by atoms with E-state index in [1.807, 2.05) is 24.3 Å². The fraction of sp³-hybridized carbons (Fsp3) is 0.133. The minimum Gasteiger partial charge on any atom is -0.497 e. The van der Waals surface area contributed by atoms with Gasteiger partial charge in [-0.05, 0) is 81.6 Å². The maximum absolute atomic E-state index is 11.5. The summed E-state index contributed by atoms with van der Waals surface area (Å²) in [5, 5.41) is 8.93. The first-order valence-electron chi connectivity index (χ1n) is 6.00. The van der Waals surface area contributed by atoms with Gasteiger partial charge < -0.3 is 14.6 Å². The van der Waals surface area contributed by atoms with E-state index < -0.39 is 6.61 Å². The Morgan fingerprint density at radius 2 is 1.62 bits per heavy atom. The van der Waals surface area contributed by atoms with Crippen LogP contribution in [0.3, 0.4) is 0 Å². The van der Waals surface area contributed by atoms with E-state index in [1.165, 1.54) is 0 Å². The lowest BCUT2D eigenvalue weighted by atomic mass is 10.1. The van der Waals surface area contributed by atoms with Crippen LogP contribution in [-0.4, -0.2) is 24.6 Å². The highest BCUT2D eigenvalue weighted by atomic mass is 127. The quantitative estimate of drug-likeness (QED) is 0.491. The summed E-state index contributed by atoms with van der Waals surface area (Å²) in [5.41, 5.74) is 0.480. The van der Waals surface area contributed by atoms with E-state index in [0.717, 1.165) is 12.9 Å². The average molecular weight is 510 g/mol. The number of hydrogen-bond donors (Lipinski definition) is 1. The number of rotatable bonds is 5. The Morgan fingerprint density at radius 3 is 2.10 bits per heavy atom. The number of Topliss-reactive ketones (excluding diaryl/α,β-unsaturated/α-hetero) is 1. The van der Waals surface area contributed by atoms with Crippen molar-refractivity contribution in [3.8, 4) is 17.2 Å². The molecule has 0 bridgehead atoms. The minimum absolute atomic E-state index is 0.304. The molecule has 0 aliphatic heterocycles. The molecule has 110 valence electrons. The van der Waals surface area contributed by atoms with E-state index in [0.29, 0.717) is 17.1 Å². The third-order valence-electron chi connectivity index (χ3n) is 2.74. The van der Waals surface area contributed by atoms with Gasteiger partial charge in [0.1, 0.15) is 18.1 Å². The molecule has 0 aromatic heterocycles. The van der Waals surface area contributed by atoms with Gasteiger partial charge in [-0.25, -0.2) is 0 Å². The Morgan fingerprint density at radius 1 is 1.10 bits per heavy atom. The number of methoxy groups -OCH3 is 1. The first-order chi connectivity index (χ1) is 10.0. The first-order valence-corrected chi connectivity index (χ1v) is 8.16. The smallest absolute Gasteiger partial charge is 0.188 e. The van der Waals surface area contributed by atoms with Gasteiger partial charge in [-0.3, -0.25) is 4.79 Å². The lowest BCUT2D eigenvalue weighted by Crippen LogP contribution is -2.05. The van der Waals surface area contributed by atoms with Gasteiger partial charge in [0, 0.05) is 5.56 Å². The Balaban J connectivity index is 2.29. The zero-order valence-electron chi connectivity index (χ0n) is 11.1. The topological polar surface area (TPSA) is 55.8 Å². The van der Waals surface area contributed by atoms with Crippen molar-refractivity contribution in [2.24, 2.45) is 0 Å². The van der Waals surface area contributed by atoms with Crippen LogP contribution in [0.2, 0.25) is 0 Å². The summed E-state index contributed by atoms with van der Waals surface area (Å²) < 4.78 is 12.6. The number of aliphatic hydroxyl groups is 1. The molecule has 4 nitrogen and oxygen atoms in total. The van der Waals surface area contributed by atoms with Gasteiger partial charge in [-0.15, -0.1) is 0 Å². The van der Waals surface area contributed by atoms with E-state index in [4.69, 9.17) is 14.6 Å². The highest BCUT2D eigenvalue weighted by molar-refractivity contribution is 14.1. The van der Waals surface area contributed by atoms with Gasteiger partial charge in [0.2, 0.25) is 0 Å². The third kappa shape index (κ3) is 4.07. The molecule has 0 radical (unpaired) electrons. The van der Waals surface area contributed by atoms with Crippen molar-refractivity contribution < 1.29 is 19.4 Å². The molecule has 2 aromatic carbocycles. The van der Waals surface area contributed by atoms with Gasteiger partial charge in [-0.2, -0.15) is 0 Å². The molecule has 0 atom stereocenters. The van der Waals surface area contributed by atoms with Crippen molar-refractivity contribution in [3.05, 3.63) is 49.1 Å². The zero-order chi connectivity index (χ0) is 15.4. The van der Waals surface area contributed by atoms with Crippen LogP contribution < -0.4 is 9.47 Å². The van der Waals surface area contributed by atoms with Crippen molar-refractivity contribution in [1.29, 1.82) is 0 Å². The summed E-state index contributed by atoms with van der Waals surface area (Å²) in [5.74, 6) is 1.83. The lowest BCUT2D eigenvalue weighted by molar-refractivity contribution is 0.0903. The Kier molecular flexibility index (Phi) is 5.82. The van der Waals surface area contributed by atoms with Crippen molar-refractivity contribution >= 4 is 51.0 Å². The maximum atomic E-state index is 11.5. The number of ketones is 1.